The summed E-state index contributed by atoms with van der Waals surface area (Å²) < 4.78 is 0. The quantitative estimate of drug-likeness (QED) is 0.585. The Labute approximate surface area is 167 Å². The maximum atomic E-state index is 2.75. The largest absolute Gasteiger partial charge is 0.306 e. The van der Waals surface area contributed by atoms with Gasteiger partial charge in [0, 0.05) is 18.6 Å². The summed E-state index contributed by atoms with van der Waals surface area (Å²) in [6.45, 7) is 9.28. The Morgan fingerprint density at radius 2 is 1.81 bits per heavy atom. The van der Waals surface area contributed by atoms with Crippen molar-refractivity contribution in [2.45, 2.75) is 84.2 Å². The second-order valence-corrected chi connectivity index (χ2v) is 11.9. The lowest BCUT2D eigenvalue weighted by Gasteiger charge is -2.63. The molecule has 5 rings (SSSR count). The third-order valence-electron chi connectivity index (χ3n) is 11.0. The molecule has 0 radical (unpaired) electrons. The Morgan fingerprint density at radius 1 is 1.04 bits per heavy atom. The summed E-state index contributed by atoms with van der Waals surface area (Å²) in [7, 11) is 6.95. The van der Waals surface area contributed by atoms with Crippen LogP contribution in [0.4, 0.5) is 0 Å². The molecular formula is C25H42N2. The van der Waals surface area contributed by atoms with Crippen LogP contribution in [-0.4, -0.2) is 49.6 Å². The first kappa shape index (κ1) is 18.7. The van der Waals surface area contributed by atoms with E-state index in [9.17, 15) is 0 Å². The van der Waals surface area contributed by atoms with Crippen molar-refractivity contribution in [3.8, 4) is 0 Å². The van der Waals surface area contributed by atoms with Crippen LogP contribution in [-0.2, 0) is 0 Å². The predicted octanol–water partition coefficient (Wildman–Crippen LogP) is 5.20. The summed E-state index contributed by atoms with van der Waals surface area (Å²) in [6, 6.07) is 1.57. The summed E-state index contributed by atoms with van der Waals surface area (Å²) in [5.41, 5.74) is 3.50. The Kier molecular flexibility index (Phi) is 4.04. The van der Waals surface area contributed by atoms with Gasteiger partial charge in [0.25, 0.3) is 0 Å². The van der Waals surface area contributed by atoms with Crippen molar-refractivity contribution in [3.63, 3.8) is 0 Å². The van der Waals surface area contributed by atoms with E-state index in [0.29, 0.717) is 16.2 Å². The average molecular weight is 371 g/mol. The third kappa shape index (κ3) is 2.26. The van der Waals surface area contributed by atoms with E-state index < -0.39 is 0 Å². The summed E-state index contributed by atoms with van der Waals surface area (Å²) in [4.78, 5) is 5.18. The lowest BCUT2D eigenvalue weighted by atomic mass is 9.41. The van der Waals surface area contributed by atoms with Gasteiger partial charge in [-0.15, -0.1) is 0 Å². The minimum absolute atomic E-state index is 0.481. The van der Waals surface area contributed by atoms with Gasteiger partial charge in [-0.1, -0.05) is 25.5 Å². The van der Waals surface area contributed by atoms with Crippen LogP contribution in [0.25, 0.3) is 0 Å². The monoisotopic (exact) mass is 370 g/mol. The molecule has 1 saturated heterocycles. The van der Waals surface area contributed by atoms with E-state index in [1.165, 1.54) is 57.9 Å². The Morgan fingerprint density at radius 3 is 2.56 bits per heavy atom. The molecule has 0 N–H and O–H groups in total. The number of allylic oxidation sites excluding steroid dienone is 1. The molecule has 5 aliphatic rings. The number of rotatable bonds is 1. The minimum atomic E-state index is 0.481. The van der Waals surface area contributed by atoms with Crippen molar-refractivity contribution in [1.82, 2.24) is 9.80 Å². The van der Waals surface area contributed by atoms with Crippen molar-refractivity contribution in [2.75, 3.05) is 27.7 Å². The van der Waals surface area contributed by atoms with E-state index in [0.717, 1.165) is 29.8 Å². The molecule has 1 heterocycles. The van der Waals surface area contributed by atoms with Crippen LogP contribution in [0.15, 0.2) is 11.6 Å². The molecule has 8 atom stereocenters. The van der Waals surface area contributed by atoms with E-state index >= 15 is 0 Å². The number of likely N-dealkylation sites (tertiary alicyclic amines) is 1. The zero-order valence-corrected chi connectivity index (χ0v) is 18.7. The molecule has 4 fully saturated rings. The molecular weight excluding hydrogens is 328 g/mol. The predicted molar refractivity (Wildman–Crippen MR) is 114 cm³/mol. The first-order valence-electron chi connectivity index (χ1n) is 11.8. The lowest BCUT2D eigenvalue weighted by Crippen LogP contribution is -2.57. The molecule has 3 saturated carbocycles. The molecule has 0 aromatic carbocycles. The smallest absolute Gasteiger partial charge is 0.0127 e. The molecule has 0 unspecified atom stereocenters. The van der Waals surface area contributed by atoms with Crippen molar-refractivity contribution in [1.29, 1.82) is 0 Å². The summed E-state index contributed by atoms with van der Waals surface area (Å²) in [5.74, 6) is 2.85. The van der Waals surface area contributed by atoms with Gasteiger partial charge in [-0.3, -0.25) is 0 Å². The van der Waals surface area contributed by atoms with Gasteiger partial charge in [-0.05, 0) is 113 Å². The second-order valence-electron chi connectivity index (χ2n) is 11.9. The Bertz CT molecular complexity index is 653. The fourth-order valence-electron chi connectivity index (χ4n) is 9.50. The van der Waals surface area contributed by atoms with Crippen LogP contribution >= 0.6 is 0 Å². The van der Waals surface area contributed by atoms with Crippen molar-refractivity contribution in [2.24, 2.45) is 34.0 Å². The van der Waals surface area contributed by atoms with Gasteiger partial charge < -0.3 is 9.80 Å². The SMILES string of the molecule is C[C@H]1[C@H]2CC[C@H]3[C@]4(C)CC=C5C[C@@H](N(C)C)CC[C@]5(C)[C@H]4CC[C@]23CN1C. The maximum absolute atomic E-state index is 2.75. The molecule has 0 aromatic rings. The van der Waals surface area contributed by atoms with Gasteiger partial charge in [0.1, 0.15) is 0 Å². The average Bonchev–Trinajstić information content (AvgIpc) is 3.09. The lowest BCUT2D eigenvalue weighted by molar-refractivity contribution is -0.105. The highest BCUT2D eigenvalue weighted by Gasteiger charge is 2.67. The summed E-state index contributed by atoms with van der Waals surface area (Å²) in [5, 5.41) is 0. The van der Waals surface area contributed by atoms with Crippen molar-refractivity contribution in [3.05, 3.63) is 11.6 Å². The van der Waals surface area contributed by atoms with Gasteiger partial charge in [0.2, 0.25) is 0 Å². The fraction of sp³-hybridized carbons (Fsp3) is 0.920. The first-order chi connectivity index (χ1) is 12.7. The summed E-state index contributed by atoms with van der Waals surface area (Å²) >= 11 is 0. The molecule has 1 spiro atoms. The zero-order chi connectivity index (χ0) is 19.2. The Balaban J connectivity index is 1.50. The maximum Gasteiger partial charge on any atom is 0.0127 e. The van der Waals surface area contributed by atoms with E-state index in [1.54, 1.807) is 0 Å². The van der Waals surface area contributed by atoms with Crippen LogP contribution in [0, 0.1) is 34.0 Å². The molecule has 2 nitrogen and oxygen atoms in total. The first-order valence-corrected chi connectivity index (χ1v) is 11.8. The fourth-order valence-corrected chi connectivity index (χ4v) is 9.50. The second kappa shape index (κ2) is 5.85. The zero-order valence-electron chi connectivity index (χ0n) is 18.7. The van der Waals surface area contributed by atoms with Crippen LogP contribution in [0.3, 0.4) is 0 Å². The standard InChI is InChI=1S/C25H42N2/c1-17-20-7-8-22-24(3)12-9-18-15-19(26(4)5)10-13-23(18,2)21(24)11-14-25(20,22)16-27(17)6/h9,17,19-22H,7-8,10-16H2,1-6H3/t17-,19-,20+,21+,22-,23-,24+,25-/m0/s1. The third-order valence-corrected chi connectivity index (χ3v) is 11.0. The van der Waals surface area contributed by atoms with Gasteiger partial charge in [-0.25, -0.2) is 0 Å². The number of hydrogen-bond acceptors (Lipinski definition) is 2. The molecule has 27 heavy (non-hydrogen) atoms. The highest BCUT2D eigenvalue weighted by atomic mass is 15.2. The van der Waals surface area contributed by atoms with Gasteiger partial charge in [0.05, 0.1) is 0 Å². The summed E-state index contributed by atoms with van der Waals surface area (Å²) in [6.07, 6.45) is 14.3. The molecule has 4 aliphatic carbocycles. The minimum Gasteiger partial charge on any atom is -0.306 e. The molecule has 2 heteroatoms. The van der Waals surface area contributed by atoms with Crippen LogP contribution in [0.1, 0.15) is 72.1 Å². The van der Waals surface area contributed by atoms with Crippen LogP contribution in [0.5, 0.6) is 0 Å². The molecule has 0 amide bonds. The van der Waals surface area contributed by atoms with Crippen molar-refractivity contribution < 1.29 is 0 Å². The van der Waals surface area contributed by atoms with Gasteiger partial charge >= 0.3 is 0 Å². The normalized spacial score (nSPS) is 54.9. The van der Waals surface area contributed by atoms with E-state index in [1.807, 2.05) is 5.57 Å². The highest BCUT2D eigenvalue weighted by molar-refractivity contribution is 5.29. The van der Waals surface area contributed by atoms with E-state index in [2.05, 4.69) is 57.8 Å². The number of nitrogens with zero attached hydrogens (tertiary/aromatic N) is 2. The molecule has 0 bridgehead atoms. The highest BCUT2D eigenvalue weighted by Crippen LogP contribution is 2.73. The topological polar surface area (TPSA) is 6.48 Å². The number of hydrogen-bond donors (Lipinski definition) is 0. The molecule has 1 aliphatic heterocycles. The van der Waals surface area contributed by atoms with E-state index in [-0.39, 0.29) is 0 Å². The number of fused-ring (bicyclic) bond motifs is 4. The Hall–Kier alpha value is -0.340. The molecule has 0 aromatic heterocycles. The van der Waals surface area contributed by atoms with Crippen molar-refractivity contribution >= 4 is 0 Å². The van der Waals surface area contributed by atoms with Gasteiger partial charge in [0.15, 0.2) is 0 Å². The van der Waals surface area contributed by atoms with E-state index in [4.69, 9.17) is 0 Å². The van der Waals surface area contributed by atoms with Crippen LogP contribution < -0.4 is 0 Å². The van der Waals surface area contributed by atoms with Crippen LogP contribution in [0.2, 0.25) is 0 Å². The van der Waals surface area contributed by atoms with Gasteiger partial charge in [-0.2, -0.15) is 0 Å². The molecule has 152 valence electrons.